The van der Waals surface area contributed by atoms with Gasteiger partial charge in [0.15, 0.2) is 11.7 Å². The Labute approximate surface area is 169 Å². The molecule has 26 heavy (non-hydrogen) atoms. The van der Waals surface area contributed by atoms with Gasteiger partial charge in [-0.3, -0.25) is 5.10 Å². The highest BCUT2D eigenvalue weighted by Crippen LogP contribution is 2.14. The Bertz CT molecular complexity index is 800. The number of benzene rings is 1. The fraction of sp³-hybridized carbons (Fsp3) is 0.278. The minimum absolute atomic E-state index is 0. The molecule has 0 aliphatic rings. The van der Waals surface area contributed by atoms with E-state index in [1.54, 1.807) is 6.26 Å². The van der Waals surface area contributed by atoms with Crippen molar-refractivity contribution in [3.63, 3.8) is 0 Å². The van der Waals surface area contributed by atoms with Gasteiger partial charge < -0.3 is 15.1 Å². The Balaban J connectivity index is 0.00000243. The van der Waals surface area contributed by atoms with E-state index in [2.05, 4.69) is 49.9 Å². The lowest BCUT2D eigenvalue weighted by molar-refractivity contribution is 0.577. The summed E-state index contributed by atoms with van der Waals surface area (Å²) in [5.41, 5.74) is 1.20. The van der Waals surface area contributed by atoms with Crippen LogP contribution < -0.4 is 10.6 Å². The summed E-state index contributed by atoms with van der Waals surface area (Å²) in [6.07, 6.45) is 1.60. The fourth-order valence-corrected chi connectivity index (χ4v) is 2.39. The predicted molar refractivity (Wildman–Crippen MR) is 112 cm³/mol. The highest BCUT2D eigenvalue weighted by Gasteiger charge is 2.10. The lowest BCUT2D eigenvalue weighted by Crippen LogP contribution is -2.38. The zero-order valence-corrected chi connectivity index (χ0v) is 17.1. The van der Waals surface area contributed by atoms with E-state index in [0.29, 0.717) is 24.0 Å². The average molecular weight is 466 g/mol. The van der Waals surface area contributed by atoms with Crippen LogP contribution in [0.3, 0.4) is 0 Å². The first-order valence-corrected chi connectivity index (χ1v) is 8.31. The van der Waals surface area contributed by atoms with Gasteiger partial charge in [-0.25, -0.2) is 9.98 Å². The predicted octanol–water partition coefficient (Wildman–Crippen LogP) is 3.50. The summed E-state index contributed by atoms with van der Waals surface area (Å²) in [5, 5.41) is 13.7. The van der Waals surface area contributed by atoms with E-state index in [1.807, 2.05) is 37.3 Å². The number of furan rings is 1. The number of aromatic amines is 1. The summed E-state index contributed by atoms with van der Waals surface area (Å²) in [7, 11) is 0. The van der Waals surface area contributed by atoms with Crippen molar-refractivity contribution >= 4 is 29.9 Å². The van der Waals surface area contributed by atoms with Crippen molar-refractivity contribution in [2.24, 2.45) is 4.99 Å². The molecular formula is C18H23IN6O. The molecule has 0 aliphatic carbocycles. The third-order valence-corrected chi connectivity index (χ3v) is 3.66. The number of hydrogen-bond acceptors (Lipinski definition) is 4. The Morgan fingerprint density at radius 2 is 2.04 bits per heavy atom. The number of aliphatic imine (C=N–C) groups is 1. The maximum Gasteiger partial charge on any atom is 0.216 e. The van der Waals surface area contributed by atoms with Crippen LogP contribution in [0.25, 0.3) is 11.6 Å². The third kappa shape index (κ3) is 5.32. The number of halogens is 1. The maximum atomic E-state index is 5.29. The minimum Gasteiger partial charge on any atom is -0.461 e. The van der Waals surface area contributed by atoms with Crippen molar-refractivity contribution in [1.82, 2.24) is 25.8 Å². The van der Waals surface area contributed by atoms with Crippen LogP contribution in [-0.4, -0.2) is 27.7 Å². The van der Waals surface area contributed by atoms with Crippen LogP contribution in [0.1, 0.15) is 31.3 Å². The lowest BCUT2D eigenvalue weighted by Gasteiger charge is -2.18. The summed E-state index contributed by atoms with van der Waals surface area (Å²) in [6, 6.07) is 14.0. The molecule has 0 saturated carbocycles. The van der Waals surface area contributed by atoms with Crippen LogP contribution in [0.2, 0.25) is 0 Å². The van der Waals surface area contributed by atoms with E-state index in [4.69, 9.17) is 4.42 Å². The van der Waals surface area contributed by atoms with Crippen LogP contribution in [0, 0.1) is 0 Å². The van der Waals surface area contributed by atoms with E-state index >= 15 is 0 Å². The van der Waals surface area contributed by atoms with E-state index in [1.165, 1.54) is 5.56 Å². The smallest absolute Gasteiger partial charge is 0.216 e. The highest BCUT2D eigenvalue weighted by atomic mass is 127. The van der Waals surface area contributed by atoms with Crippen LogP contribution >= 0.6 is 24.0 Å². The van der Waals surface area contributed by atoms with E-state index in [9.17, 15) is 0 Å². The van der Waals surface area contributed by atoms with Crippen LogP contribution in [0.15, 0.2) is 58.1 Å². The Hall–Kier alpha value is -2.36. The molecule has 1 atom stereocenters. The van der Waals surface area contributed by atoms with E-state index in [-0.39, 0.29) is 30.0 Å². The number of H-pyrrole nitrogens is 1. The molecule has 7 nitrogen and oxygen atoms in total. The molecule has 2 heterocycles. The lowest BCUT2D eigenvalue weighted by atomic mass is 10.1. The normalized spacial score (nSPS) is 12.3. The molecule has 0 radical (unpaired) electrons. The van der Waals surface area contributed by atoms with Crippen molar-refractivity contribution < 1.29 is 4.42 Å². The van der Waals surface area contributed by atoms with Gasteiger partial charge in [0.05, 0.1) is 12.3 Å². The molecule has 0 aliphatic heterocycles. The van der Waals surface area contributed by atoms with Gasteiger partial charge in [-0.05, 0) is 31.5 Å². The number of guanidine groups is 1. The number of hydrogen-bond donors (Lipinski definition) is 3. The van der Waals surface area contributed by atoms with Crippen LogP contribution in [0.5, 0.6) is 0 Å². The summed E-state index contributed by atoms with van der Waals surface area (Å²) in [4.78, 5) is 8.97. The minimum atomic E-state index is 0. The first-order chi connectivity index (χ1) is 12.3. The van der Waals surface area contributed by atoms with Crippen molar-refractivity contribution in [2.45, 2.75) is 26.4 Å². The Morgan fingerprint density at radius 1 is 1.23 bits per heavy atom. The van der Waals surface area contributed by atoms with Gasteiger partial charge in [0.1, 0.15) is 12.4 Å². The van der Waals surface area contributed by atoms with Crippen molar-refractivity contribution in [3.05, 3.63) is 60.1 Å². The quantitative estimate of drug-likeness (QED) is 0.294. The molecule has 0 spiro atoms. The van der Waals surface area contributed by atoms with Gasteiger partial charge in [-0.2, -0.15) is 0 Å². The summed E-state index contributed by atoms with van der Waals surface area (Å²) in [5.74, 6) is 2.57. The molecule has 3 N–H and O–H groups in total. The second-order valence-electron chi connectivity index (χ2n) is 5.55. The standard InChI is InChI=1S/C18H22N6O.HI/c1-3-19-18(21-13(2)14-8-5-4-6-9-14)20-12-16-22-17(24-23-16)15-10-7-11-25-15;/h4-11,13H,3,12H2,1-2H3,(H2,19,20,21)(H,22,23,24);1H. The van der Waals surface area contributed by atoms with E-state index < -0.39 is 0 Å². The van der Waals surface area contributed by atoms with E-state index in [0.717, 1.165) is 12.5 Å². The molecular weight excluding hydrogens is 443 g/mol. The van der Waals surface area contributed by atoms with Crippen molar-refractivity contribution in [2.75, 3.05) is 6.54 Å². The number of rotatable bonds is 6. The second-order valence-corrected chi connectivity index (χ2v) is 5.55. The van der Waals surface area contributed by atoms with Crippen molar-refractivity contribution in [3.8, 4) is 11.6 Å². The maximum absolute atomic E-state index is 5.29. The molecule has 1 aromatic carbocycles. The molecule has 3 aromatic rings. The number of nitrogens with zero attached hydrogens (tertiary/aromatic N) is 3. The average Bonchev–Trinajstić information content (AvgIpc) is 3.32. The van der Waals surface area contributed by atoms with Gasteiger partial charge in [0.25, 0.3) is 0 Å². The number of nitrogens with one attached hydrogen (secondary N) is 3. The molecule has 1 unspecified atom stereocenters. The van der Waals surface area contributed by atoms with Gasteiger partial charge in [-0.15, -0.1) is 29.1 Å². The Kier molecular flexibility index (Phi) is 7.64. The SMILES string of the molecule is CCNC(=NCc1nc(-c2ccco2)n[nH]1)NC(C)c1ccccc1.I. The third-order valence-electron chi connectivity index (χ3n) is 3.66. The molecule has 138 valence electrons. The fourth-order valence-electron chi connectivity index (χ4n) is 2.39. The topological polar surface area (TPSA) is 91.1 Å². The molecule has 0 saturated heterocycles. The van der Waals surface area contributed by atoms with Crippen molar-refractivity contribution in [1.29, 1.82) is 0 Å². The summed E-state index contributed by atoms with van der Waals surface area (Å²) in [6.45, 7) is 5.31. The Morgan fingerprint density at radius 3 is 2.73 bits per heavy atom. The molecule has 0 amide bonds. The first kappa shape index (κ1) is 20.0. The zero-order valence-electron chi connectivity index (χ0n) is 14.8. The molecule has 2 aromatic heterocycles. The van der Waals surface area contributed by atoms with Gasteiger partial charge in [0, 0.05) is 6.54 Å². The number of aromatic nitrogens is 3. The van der Waals surface area contributed by atoms with Crippen LogP contribution in [0.4, 0.5) is 0 Å². The zero-order chi connectivity index (χ0) is 17.5. The largest absolute Gasteiger partial charge is 0.461 e. The molecule has 0 bridgehead atoms. The molecule has 3 rings (SSSR count). The first-order valence-electron chi connectivity index (χ1n) is 8.31. The summed E-state index contributed by atoms with van der Waals surface area (Å²) >= 11 is 0. The highest BCUT2D eigenvalue weighted by molar-refractivity contribution is 14.0. The second kappa shape index (κ2) is 9.95. The molecule has 0 fully saturated rings. The van der Waals surface area contributed by atoms with Gasteiger partial charge in [-0.1, -0.05) is 30.3 Å². The summed E-state index contributed by atoms with van der Waals surface area (Å²) < 4.78 is 5.29. The van der Waals surface area contributed by atoms with Gasteiger partial charge in [0.2, 0.25) is 5.82 Å². The van der Waals surface area contributed by atoms with Gasteiger partial charge >= 0.3 is 0 Å². The molecule has 8 heteroatoms. The monoisotopic (exact) mass is 466 g/mol. The van der Waals surface area contributed by atoms with Crippen LogP contribution in [-0.2, 0) is 6.54 Å².